The van der Waals surface area contributed by atoms with Gasteiger partial charge in [0.2, 0.25) is 0 Å². The molecule has 0 radical (unpaired) electrons. The lowest BCUT2D eigenvalue weighted by atomic mass is 9.69. The summed E-state index contributed by atoms with van der Waals surface area (Å²) in [6.45, 7) is 12.1. The summed E-state index contributed by atoms with van der Waals surface area (Å²) >= 11 is 0. The minimum Gasteiger partial charge on any atom is -0.295 e. The minimum absolute atomic E-state index is 0.409. The largest absolute Gasteiger partial charge is 0.295 e. The first-order chi connectivity index (χ1) is 9.90. The molecule has 1 heteroatoms. The van der Waals surface area contributed by atoms with Gasteiger partial charge in [0.1, 0.15) is 0 Å². The van der Waals surface area contributed by atoms with Crippen LogP contribution in [0.25, 0.3) is 0 Å². The molecule has 3 unspecified atom stereocenters. The van der Waals surface area contributed by atoms with Crippen LogP contribution in [0.15, 0.2) is 0 Å². The highest BCUT2D eigenvalue weighted by molar-refractivity contribution is 5.02. The Labute approximate surface area is 134 Å². The van der Waals surface area contributed by atoms with Gasteiger partial charge in [-0.05, 0) is 52.5 Å². The van der Waals surface area contributed by atoms with Crippen LogP contribution in [0.4, 0.5) is 0 Å². The van der Waals surface area contributed by atoms with E-state index in [-0.39, 0.29) is 0 Å². The summed E-state index contributed by atoms with van der Waals surface area (Å²) in [5, 5.41) is 0. The molecule has 3 atom stereocenters. The van der Waals surface area contributed by atoms with Crippen LogP contribution >= 0.6 is 0 Å². The molecule has 1 fully saturated rings. The molecule has 1 saturated heterocycles. The summed E-state index contributed by atoms with van der Waals surface area (Å²) in [5.74, 6) is 0.835. The standard InChI is InChI=1S/C20H41N/c1-7-9-10-11-12-13-14-16-20(5)18(3)15-17-19(4,8-2)21(20)6/h18H,7-17H2,1-6H3. The molecule has 0 amide bonds. The molecular formula is C20H41N. The van der Waals surface area contributed by atoms with Crippen LogP contribution < -0.4 is 0 Å². The van der Waals surface area contributed by atoms with Gasteiger partial charge in [0.05, 0.1) is 0 Å². The van der Waals surface area contributed by atoms with Crippen molar-refractivity contribution in [3.63, 3.8) is 0 Å². The predicted octanol–water partition coefficient (Wildman–Crippen LogP) is 6.42. The van der Waals surface area contributed by atoms with E-state index in [2.05, 4.69) is 46.6 Å². The van der Waals surface area contributed by atoms with Crippen molar-refractivity contribution in [3.8, 4) is 0 Å². The fourth-order valence-corrected chi connectivity index (χ4v) is 4.22. The zero-order valence-corrected chi connectivity index (χ0v) is 15.8. The van der Waals surface area contributed by atoms with Gasteiger partial charge in [0.15, 0.2) is 0 Å². The third-order valence-corrected chi connectivity index (χ3v) is 6.80. The zero-order chi connectivity index (χ0) is 15.9. The van der Waals surface area contributed by atoms with E-state index < -0.39 is 0 Å². The van der Waals surface area contributed by atoms with Crippen LogP contribution in [0.2, 0.25) is 0 Å². The highest BCUT2D eigenvalue weighted by Gasteiger charge is 2.46. The average Bonchev–Trinajstić information content (AvgIpc) is 2.49. The lowest BCUT2D eigenvalue weighted by Gasteiger charge is -2.57. The van der Waals surface area contributed by atoms with Gasteiger partial charge in [0.25, 0.3) is 0 Å². The summed E-state index contributed by atoms with van der Waals surface area (Å²) in [7, 11) is 2.39. The molecule has 0 bridgehead atoms. The Balaban J connectivity index is 2.42. The SMILES string of the molecule is CCCCCCCCCC1(C)C(C)CCC(C)(CC)N1C. The van der Waals surface area contributed by atoms with Crippen molar-refractivity contribution in [1.82, 2.24) is 4.90 Å². The number of hydrogen-bond donors (Lipinski definition) is 0. The summed E-state index contributed by atoms with van der Waals surface area (Å²) in [6.07, 6.45) is 15.4. The molecule has 126 valence electrons. The normalized spacial score (nSPS) is 34.3. The van der Waals surface area contributed by atoms with Crippen molar-refractivity contribution in [3.05, 3.63) is 0 Å². The average molecular weight is 296 g/mol. The molecule has 1 nitrogen and oxygen atoms in total. The molecular weight excluding hydrogens is 254 g/mol. The summed E-state index contributed by atoms with van der Waals surface area (Å²) in [5.41, 5.74) is 0.828. The number of unbranched alkanes of at least 4 members (excludes halogenated alkanes) is 6. The topological polar surface area (TPSA) is 3.24 Å². The smallest absolute Gasteiger partial charge is 0.0209 e. The van der Waals surface area contributed by atoms with Crippen molar-refractivity contribution in [2.24, 2.45) is 5.92 Å². The molecule has 1 aliphatic rings. The maximum atomic E-state index is 2.74. The summed E-state index contributed by atoms with van der Waals surface area (Å²) < 4.78 is 0. The Kier molecular flexibility index (Phi) is 7.74. The van der Waals surface area contributed by atoms with E-state index in [1.807, 2.05) is 0 Å². The van der Waals surface area contributed by atoms with Gasteiger partial charge in [-0.15, -0.1) is 0 Å². The van der Waals surface area contributed by atoms with Gasteiger partial charge in [0, 0.05) is 11.1 Å². The van der Waals surface area contributed by atoms with Crippen molar-refractivity contribution in [1.29, 1.82) is 0 Å². The molecule has 0 N–H and O–H groups in total. The Morgan fingerprint density at radius 3 is 2.10 bits per heavy atom. The van der Waals surface area contributed by atoms with E-state index in [1.165, 1.54) is 70.6 Å². The van der Waals surface area contributed by atoms with Crippen molar-refractivity contribution in [2.45, 2.75) is 116 Å². The lowest BCUT2D eigenvalue weighted by Crippen LogP contribution is -2.62. The first-order valence-corrected chi connectivity index (χ1v) is 9.64. The maximum Gasteiger partial charge on any atom is 0.0209 e. The Morgan fingerprint density at radius 2 is 1.52 bits per heavy atom. The molecule has 1 rings (SSSR count). The third kappa shape index (κ3) is 4.71. The van der Waals surface area contributed by atoms with Gasteiger partial charge in [-0.25, -0.2) is 0 Å². The highest BCUT2D eigenvalue weighted by atomic mass is 15.2. The fraction of sp³-hybridized carbons (Fsp3) is 1.00. The summed E-state index contributed by atoms with van der Waals surface area (Å²) in [6, 6.07) is 0. The van der Waals surface area contributed by atoms with E-state index >= 15 is 0 Å². The van der Waals surface area contributed by atoms with Crippen molar-refractivity contribution in [2.75, 3.05) is 7.05 Å². The minimum atomic E-state index is 0.409. The number of nitrogens with zero attached hydrogens (tertiary/aromatic N) is 1. The van der Waals surface area contributed by atoms with Gasteiger partial charge in [-0.2, -0.15) is 0 Å². The molecule has 0 saturated carbocycles. The fourth-order valence-electron chi connectivity index (χ4n) is 4.22. The molecule has 1 heterocycles. The quantitative estimate of drug-likeness (QED) is 0.444. The van der Waals surface area contributed by atoms with Gasteiger partial charge >= 0.3 is 0 Å². The van der Waals surface area contributed by atoms with E-state index in [0.717, 1.165) is 5.92 Å². The first kappa shape index (κ1) is 19.0. The molecule has 0 aromatic rings. The molecule has 21 heavy (non-hydrogen) atoms. The van der Waals surface area contributed by atoms with Crippen molar-refractivity contribution >= 4 is 0 Å². The molecule has 0 spiro atoms. The number of likely N-dealkylation sites (tertiary alicyclic amines) is 1. The van der Waals surface area contributed by atoms with Crippen LogP contribution in [-0.4, -0.2) is 23.0 Å². The molecule has 1 aliphatic heterocycles. The van der Waals surface area contributed by atoms with Gasteiger partial charge < -0.3 is 0 Å². The number of hydrogen-bond acceptors (Lipinski definition) is 1. The Bertz CT molecular complexity index is 288. The van der Waals surface area contributed by atoms with Crippen LogP contribution in [0.3, 0.4) is 0 Å². The Morgan fingerprint density at radius 1 is 0.952 bits per heavy atom. The van der Waals surface area contributed by atoms with E-state index in [0.29, 0.717) is 11.1 Å². The highest BCUT2D eigenvalue weighted by Crippen LogP contribution is 2.44. The van der Waals surface area contributed by atoms with Gasteiger partial charge in [-0.1, -0.05) is 65.7 Å². The lowest BCUT2D eigenvalue weighted by molar-refractivity contribution is -0.0660. The summed E-state index contributed by atoms with van der Waals surface area (Å²) in [4.78, 5) is 2.74. The second kappa shape index (κ2) is 8.56. The van der Waals surface area contributed by atoms with Crippen LogP contribution in [0, 0.1) is 5.92 Å². The third-order valence-electron chi connectivity index (χ3n) is 6.80. The van der Waals surface area contributed by atoms with Crippen molar-refractivity contribution < 1.29 is 0 Å². The van der Waals surface area contributed by atoms with E-state index in [4.69, 9.17) is 0 Å². The maximum absolute atomic E-state index is 2.74. The molecule has 0 aromatic carbocycles. The number of rotatable bonds is 9. The predicted molar refractivity (Wildman–Crippen MR) is 95.9 cm³/mol. The molecule has 0 aromatic heterocycles. The van der Waals surface area contributed by atoms with Gasteiger partial charge in [-0.3, -0.25) is 4.90 Å². The zero-order valence-electron chi connectivity index (χ0n) is 15.8. The monoisotopic (exact) mass is 295 g/mol. The first-order valence-electron chi connectivity index (χ1n) is 9.64. The van der Waals surface area contributed by atoms with Crippen LogP contribution in [0.1, 0.15) is 105 Å². The van der Waals surface area contributed by atoms with Crippen LogP contribution in [0.5, 0.6) is 0 Å². The second-order valence-electron chi connectivity index (χ2n) is 8.08. The van der Waals surface area contributed by atoms with E-state index in [9.17, 15) is 0 Å². The Hall–Kier alpha value is -0.0400. The van der Waals surface area contributed by atoms with E-state index in [1.54, 1.807) is 0 Å². The molecule has 0 aliphatic carbocycles. The second-order valence-corrected chi connectivity index (χ2v) is 8.08. The van der Waals surface area contributed by atoms with Crippen LogP contribution in [-0.2, 0) is 0 Å². The number of piperidine rings is 1.